The van der Waals surface area contributed by atoms with Gasteiger partial charge in [-0.05, 0) is 60.0 Å². The van der Waals surface area contributed by atoms with Gasteiger partial charge >= 0.3 is 0 Å². The molecule has 4 heteroatoms. The summed E-state index contributed by atoms with van der Waals surface area (Å²) < 4.78 is 15.8. The molecule has 0 bridgehead atoms. The molecular weight excluding hydrogens is 309 g/mol. The second kappa shape index (κ2) is 4.60. The van der Waals surface area contributed by atoms with Crippen molar-refractivity contribution in [2.45, 2.75) is 26.2 Å². The lowest BCUT2D eigenvalue weighted by molar-refractivity contribution is 0.0972. The van der Waals surface area contributed by atoms with Gasteiger partial charge in [-0.3, -0.25) is 4.79 Å². The van der Waals surface area contributed by atoms with Gasteiger partial charge in [-0.15, -0.1) is 0 Å². The van der Waals surface area contributed by atoms with Crippen molar-refractivity contribution in [1.82, 2.24) is 4.57 Å². The Morgan fingerprint density at radius 3 is 2.79 bits per heavy atom. The van der Waals surface area contributed by atoms with Crippen molar-refractivity contribution in [3.63, 3.8) is 0 Å². The van der Waals surface area contributed by atoms with Gasteiger partial charge in [0.25, 0.3) is 0 Å². The van der Waals surface area contributed by atoms with E-state index in [-0.39, 0.29) is 11.6 Å². The van der Waals surface area contributed by atoms with E-state index in [0.29, 0.717) is 10.9 Å². The maximum absolute atomic E-state index is 13.3. The number of hydrogen-bond acceptors (Lipinski definition) is 1. The smallest absolute Gasteiger partial charge is 0.164 e. The third kappa shape index (κ3) is 2.04. The Kier molecular flexibility index (Phi) is 3.05. The van der Waals surface area contributed by atoms with Crippen LogP contribution >= 0.6 is 15.9 Å². The number of aryl methyl sites for hydroxylation is 1. The molecule has 0 aliphatic heterocycles. The van der Waals surface area contributed by atoms with Crippen molar-refractivity contribution in [2.24, 2.45) is 0 Å². The zero-order valence-electron chi connectivity index (χ0n) is 10.5. The first kappa shape index (κ1) is 12.6. The number of rotatable bonds is 1. The molecule has 0 radical (unpaired) electrons. The van der Waals surface area contributed by atoms with Crippen molar-refractivity contribution in [3.8, 4) is 5.69 Å². The fourth-order valence-electron chi connectivity index (χ4n) is 2.71. The molecule has 0 atom stereocenters. The Morgan fingerprint density at radius 2 is 2.05 bits per heavy atom. The second-order valence-corrected chi connectivity index (χ2v) is 5.71. The number of carbonyl (C=O) groups is 1. The molecule has 19 heavy (non-hydrogen) atoms. The van der Waals surface area contributed by atoms with Crippen LogP contribution in [0.3, 0.4) is 0 Å². The van der Waals surface area contributed by atoms with Gasteiger partial charge in [0.2, 0.25) is 0 Å². The highest BCUT2D eigenvalue weighted by molar-refractivity contribution is 9.10. The minimum Gasteiger partial charge on any atom is -0.317 e. The van der Waals surface area contributed by atoms with E-state index >= 15 is 0 Å². The van der Waals surface area contributed by atoms with Gasteiger partial charge in [-0.25, -0.2) is 4.39 Å². The number of fused-ring (bicyclic) bond motifs is 1. The topological polar surface area (TPSA) is 22.0 Å². The summed E-state index contributed by atoms with van der Waals surface area (Å²) in [5.74, 6) is -0.0669. The molecule has 0 saturated carbocycles. The minimum absolute atomic E-state index is 0.212. The van der Waals surface area contributed by atoms with Crippen LogP contribution in [0.25, 0.3) is 5.69 Å². The van der Waals surface area contributed by atoms with Gasteiger partial charge in [0.15, 0.2) is 5.78 Å². The molecule has 1 aliphatic carbocycles. The summed E-state index contributed by atoms with van der Waals surface area (Å²) in [4.78, 5) is 11.9. The number of Topliss-reactive ketones (excluding diaryl/α,β-unsaturated/α-hetero) is 1. The molecule has 0 amide bonds. The Labute approximate surface area is 119 Å². The third-order valence-electron chi connectivity index (χ3n) is 3.57. The Balaban J connectivity index is 2.20. The Morgan fingerprint density at radius 1 is 1.26 bits per heavy atom. The van der Waals surface area contributed by atoms with E-state index in [0.717, 1.165) is 35.5 Å². The van der Waals surface area contributed by atoms with E-state index in [4.69, 9.17) is 0 Å². The van der Waals surface area contributed by atoms with E-state index in [9.17, 15) is 9.18 Å². The molecule has 0 fully saturated rings. The van der Waals surface area contributed by atoms with Gasteiger partial charge in [0.1, 0.15) is 5.82 Å². The van der Waals surface area contributed by atoms with Crippen LogP contribution in [0, 0.1) is 12.7 Å². The van der Waals surface area contributed by atoms with E-state index < -0.39 is 0 Å². The van der Waals surface area contributed by atoms with Crippen molar-refractivity contribution >= 4 is 21.7 Å². The van der Waals surface area contributed by atoms with Crippen LogP contribution in [-0.4, -0.2) is 10.4 Å². The maximum Gasteiger partial charge on any atom is 0.164 e. The number of aromatic nitrogens is 1. The predicted molar refractivity (Wildman–Crippen MR) is 75.4 cm³/mol. The maximum atomic E-state index is 13.3. The normalized spacial score (nSPS) is 14.6. The minimum atomic E-state index is -0.279. The van der Waals surface area contributed by atoms with E-state index in [1.54, 1.807) is 12.1 Å². The quantitative estimate of drug-likeness (QED) is 0.771. The fraction of sp³-hybridized carbons (Fsp3) is 0.267. The molecule has 1 heterocycles. The van der Waals surface area contributed by atoms with Crippen molar-refractivity contribution in [2.75, 3.05) is 0 Å². The first-order valence-electron chi connectivity index (χ1n) is 6.28. The van der Waals surface area contributed by atoms with E-state index in [1.165, 1.54) is 6.07 Å². The predicted octanol–water partition coefficient (Wildman–Crippen LogP) is 4.21. The molecular formula is C15H13BrFNO. The number of benzene rings is 1. The fourth-order valence-corrected chi connectivity index (χ4v) is 3.08. The molecule has 2 aromatic rings. The summed E-state index contributed by atoms with van der Waals surface area (Å²) in [6.45, 7) is 1.98. The van der Waals surface area contributed by atoms with Crippen LogP contribution in [-0.2, 0) is 6.42 Å². The van der Waals surface area contributed by atoms with Gasteiger partial charge in [0.05, 0.1) is 4.47 Å². The van der Waals surface area contributed by atoms with Crippen LogP contribution in [0.15, 0.2) is 28.7 Å². The highest BCUT2D eigenvalue weighted by Gasteiger charge is 2.23. The molecule has 0 N–H and O–H groups in total. The standard InChI is InChI=1S/C15H13BrFNO/c1-9-7-11-14(3-2-4-15(11)19)18(9)10-5-6-13(17)12(16)8-10/h5-8H,2-4H2,1H3. The van der Waals surface area contributed by atoms with E-state index in [1.807, 2.05) is 13.0 Å². The monoisotopic (exact) mass is 321 g/mol. The van der Waals surface area contributed by atoms with Crippen LogP contribution in [0.1, 0.15) is 34.6 Å². The average Bonchev–Trinajstić information content (AvgIpc) is 2.71. The summed E-state index contributed by atoms with van der Waals surface area (Å²) in [6, 6.07) is 6.87. The molecule has 2 nitrogen and oxygen atoms in total. The zero-order valence-corrected chi connectivity index (χ0v) is 12.1. The molecule has 0 saturated heterocycles. The average molecular weight is 322 g/mol. The highest BCUT2D eigenvalue weighted by atomic mass is 79.9. The van der Waals surface area contributed by atoms with Crippen molar-refractivity contribution in [3.05, 3.63) is 51.5 Å². The second-order valence-electron chi connectivity index (χ2n) is 4.86. The van der Waals surface area contributed by atoms with Gasteiger partial charge in [-0.1, -0.05) is 0 Å². The number of halogens is 2. The molecule has 3 rings (SSSR count). The van der Waals surface area contributed by atoms with Crippen molar-refractivity contribution < 1.29 is 9.18 Å². The van der Waals surface area contributed by atoms with Gasteiger partial charge in [0, 0.05) is 29.1 Å². The lowest BCUT2D eigenvalue weighted by Crippen LogP contribution is -2.12. The van der Waals surface area contributed by atoms with Gasteiger partial charge in [-0.2, -0.15) is 0 Å². The summed E-state index contributed by atoms with van der Waals surface area (Å²) in [7, 11) is 0. The SMILES string of the molecule is Cc1cc2c(n1-c1ccc(F)c(Br)c1)CCCC2=O. The molecule has 1 aromatic heterocycles. The molecule has 1 aliphatic rings. The van der Waals surface area contributed by atoms with Crippen LogP contribution < -0.4 is 0 Å². The molecule has 98 valence electrons. The van der Waals surface area contributed by atoms with Crippen LogP contribution in [0.2, 0.25) is 0 Å². The zero-order chi connectivity index (χ0) is 13.6. The van der Waals surface area contributed by atoms with E-state index in [2.05, 4.69) is 20.5 Å². The Bertz CT molecular complexity index is 675. The number of nitrogens with zero attached hydrogens (tertiary/aromatic N) is 1. The third-order valence-corrected chi connectivity index (χ3v) is 4.17. The number of ketones is 1. The number of carbonyl (C=O) groups excluding carboxylic acids is 1. The van der Waals surface area contributed by atoms with Crippen LogP contribution in [0.4, 0.5) is 4.39 Å². The lowest BCUT2D eigenvalue weighted by atomic mass is 9.96. The molecule has 1 aromatic carbocycles. The summed E-state index contributed by atoms with van der Waals surface area (Å²) in [5, 5.41) is 0. The summed E-state index contributed by atoms with van der Waals surface area (Å²) in [6.07, 6.45) is 2.41. The summed E-state index contributed by atoms with van der Waals surface area (Å²) in [5.41, 5.74) is 3.77. The summed E-state index contributed by atoms with van der Waals surface area (Å²) >= 11 is 3.21. The lowest BCUT2D eigenvalue weighted by Gasteiger charge is -2.16. The largest absolute Gasteiger partial charge is 0.317 e. The number of hydrogen-bond donors (Lipinski definition) is 0. The Hall–Kier alpha value is -1.42. The first-order chi connectivity index (χ1) is 9.08. The van der Waals surface area contributed by atoms with Gasteiger partial charge < -0.3 is 4.57 Å². The highest BCUT2D eigenvalue weighted by Crippen LogP contribution is 2.29. The molecule has 0 spiro atoms. The van der Waals surface area contributed by atoms with Crippen LogP contribution in [0.5, 0.6) is 0 Å². The van der Waals surface area contributed by atoms with Crippen molar-refractivity contribution in [1.29, 1.82) is 0 Å². The first-order valence-corrected chi connectivity index (χ1v) is 7.07. The molecule has 0 unspecified atom stereocenters.